The molecule has 0 radical (unpaired) electrons. The molecule has 7 heteroatoms. The van der Waals surface area contributed by atoms with E-state index in [1.807, 2.05) is 37.4 Å². The van der Waals surface area contributed by atoms with E-state index in [0.29, 0.717) is 44.3 Å². The molecule has 1 N–H and O–H groups in total. The topological polar surface area (TPSA) is 76.8 Å². The molecule has 1 saturated heterocycles. The zero-order valence-electron chi connectivity index (χ0n) is 17.2. The summed E-state index contributed by atoms with van der Waals surface area (Å²) < 4.78 is 17.3. The minimum atomic E-state index is -0.0856. The van der Waals surface area contributed by atoms with Crippen molar-refractivity contribution in [2.24, 2.45) is 0 Å². The van der Waals surface area contributed by atoms with Gasteiger partial charge in [0.15, 0.2) is 5.76 Å². The second kappa shape index (κ2) is 9.73. The maximum atomic E-state index is 12.9. The van der Waals surface area contributed by atoms with Crippen LogP contribution in [-0.4, -0.2) is 55.2 Å². The Bertz CT molecular complexity index is 981. The molecule has 30 heavy (non-hydrogen) atoms. The third-order valence-corrected chi connectivity index (χ3v) is 5.22. The fraction of sp³-hybridized carbons (Fsp3) is 0.391. The number of fused-ring (bicyclic) bond motifs is 1. The molecular formula is C23H27N3O4. The van der Waals surface area contributed by atoms with Crippen LogP contribution in [-0.2, 0) is 11.3 Å². The van der Waals surface area contributed by atoms with Gasteiger partial charge in [0.1, 0.15) is 11.3 Å². The van der Waals surface area contributed by atoms with Crippen LogP contribution in [0.15, 0.2) is 47.1 Å². The molecule has 0 bridgehead atoms. The van der Waals surface area contributed by atoms with E-state index >= 15 is 0 Å². The first kappa shape index (κ1) is 20.4. The Labute approximate surface area is 176 Å². The molecule has 1 amide bonds. The molecule has 3 heterocycles. The minimum absolute atomic E-state index is 0.0856. The van der Waals surface area contributed by atoms with Crippen molar-refractivity contribution in [3.05, 3.63) is 59.6 Å². The summed E-state index contributed by atoms with van der Waals surface area (Å²) >= 11 is 0. The summed E-state index contributed by atoms with van der Waals surface area (Å²) in [6.45, 7) is 6.43. The number of nitrogens with one attached hydrogen (secondary N) is 1. The lowest BCUT2D eigenvalue weighted by Gasteiger charge is -2.26. The first-order valence-electron chi connectivity index (χ1n) is 10.4. The number of benzene rings is 1. The van der Waals surface area contributed by atoms with Crippen LogP contribution in [0.25, 0.3) is 11.0 Å². The first-order valence-corrected chi connectivity index (χ1v) is 10.4. The highest BCUT2D eigenvalue weighted by Gasteiger charge is 2.26. The molecule has 158 valence electrons. The zero-order valence-corrected chi connectivity index (χ0v) is 17.2. The highest BCUT2D eigenvalue weighted by atomic mass is 16.5. The number of carbonyl (C=O) groups excluding carboxylic acids is 1. The van der Waals surface area contributed by atoms with Gasteiger partial charge < -0.3 is 24.1 Å². The van der Waals surface area contributed by atoms with Gasteiger partial charge in [-0.1, -0.05) is 12.1 Å². The van der Waals surface area contributed by atoms with Crippen molar-refractivity contribution in [2.45, 2.75) is 19.9 Å². The molecule has 0 unspecified atom stereocenters. The quantitative estimate of drug-likeness (QED) is 0.576. The van der Waals surface area contributed by atoms with Crippen molar-refractivity contribution in [3.8, 4) is 5.75 Å². The summed E-state index contributed by atoms with van der Waals surface area (Å²) in [5.74, 6) is 1.06. The van der Waals surface area contributed by atoms with E-state index in [1.165, 1.54) is 0 Å². The average molecular weight is 409 g/mol. The summed E-state index contributed by atoms with van der Waals surface area (Å²) in [6.07, 6.45) is 4.50. The van der Waals surface area contributed by atoms with Gasteiger partial charge in [-0.25, -0.2) is 0 Å². The maximum Gasteiger partial charge on any atom is 0.290 e. The Morgan fingerprint density at radius 2 is 2.10 bits per heavy atom. The molecular weight excluding hydrogens is 382 g/mol. The average Bonchev–Trinajstić information content (AvgIpc) is 3.14. The van der Waals surface area contributed by atoms with E-state index < -0.39 is 0 Å². The lowest BCUT2D eigenvalue weighted by atomic mass is 10.1. The van der Waals surface area contributed by atoms with Gasteiger partial charge in [0.05, 0.1) is 25.2 Å². The molecule has 1 aromatic carbocycles. The van der Waals surface area contributed by atoms with E-state index in [2.05, 4.69) is 16.4 Å². The van der Waals surface area contributed by atoms with Crippen LogP contribution in [0, 0.1) is 6.92 Å². The van der Waals surface area contributed by atoms with Crippen LogP contribution >= 0.6 is 0 Å². The first-order chi connectivity index (χ1) is 14.7. The van der Waals surface area contributed by atoms with Crippen LogP contribution in [0.2, 0.25) is 0 Å². The number of aryl methyl sites for hydroxylation is 1. The molecule has 1 aliphatic heterocycles. The van der Waals surface area contributed by atoms with Crippen molar-refractivity contribution in [2.75, 3.05) is 39.5 Å². The van der Waals surface area contributed by atoms with Gasteiger partial charge in [-0.05, 0) is 43.7 Å². The Morgan fingerprint density at radius 1 is 1.23 bits per heavy atom. The molecule has 7 nitrogen and oxygen atoms in total. The molecule has 0 aliphatic carbocycles. The predicted molar refractivity (Wildman–Crippen MR) is 114 cm³/mol. The monoisotopic (exact) mass is 409 g/mol. The molecule has 0 saturated carbocycles. The van der Waals surface area contributed by atoms with Crippen LogP contribution in [0.3, 0.4) is 0 Å². The Kier molecular flexibility index (Phi) is 6.61. The second-order valence-electron chi connectivity index (χ2n) is 7.33. The summed E-state index contributed by atoms with van der Waals surface area (Å²) in [5.41, 5.74) is 2.66. The summed E-state index contributed by atoms with van der Waals surface area (Å²) in [5, 5.41) is 4.27. The lowest BCUT2D eigenvalue weighted by molar-refractivity contribution is 0.0283. The smallest absolute Gasteiger partial charge is 0.290 e. The number of ether oxygens (including phenoxy) is 2. The second-order valence-corrected chi connectivity index (χ2v) is 7.33. The van der Waals surface area contributed by atoms with Gasteiger partial charge in [0.2, 0.25) is 0 Å². The largest absolute Gasteiger partial charge is 0.493 e. The minimum Gasteiger partial charge on any atom is -0.493 e. The summed E-state index contributed by atoms with van der Waals surface area (Å²) in [6, 6.07) is 9.68. The van der Waals surface area contributed by atoms with Crippen molar-refractivity contribution in [1.29, 1.82) is 0 Å². The van der Waals surface area contributed by atoms with Gasteiger partial charge in [-0.3, -0.25) is 9.78 Å². The van der Waals surface area contributed by atoms with Crippen LogP contribution in [0.1, 0.15) is 28.1 Å². The maximum absolute atomic E-state index is 12.9. The molecule has 1 aliphatic rings. The van der Waals surface area contributed by atoms with E-state index in [1.54, 1.807) is 11.1 Å². The Morgan fingerprint density at radius 3 is 2.90 bits per heavy atom. The molecule has 1 fully saturated rings. The van der Waals surface area contributed by atoms with E-state index in [4.69, 9.17) is 13.9 Å². The SMILES string of the molecule is Cc1c(C(=O)N2CCOCC2)oc2cccc(OCCCNCc3cccnc3)c12. The lowest BCUT2D eigenvalue weighted by Crippen LogP contribution is -2.40. The van der Waals surface area contributed by atoms with Crippen molar-refractivity contribution < 1.29 is 18.7 Å². The highest BCUT2D eigenvalue weighted by Crippen LogP contribution is 2.33. The number of nitrogens with zero attached hydrogens (tertiary/aromatic N) is 2. The molecule has 2 aromatic heterocycles. The number of carbonyl (C=O) groups is 1. The molecule has 0 atom stereocenters. The number of hydrogen-bond acceptors (Lipinski definition) is 6. The number of rotatable bonds is 8. The fourth-order valence-electron chi connectivity index (χ4n) is 3.61. The molecule has 4 rings (SSSR count). The standard InChI is InChI=1S/C23H27N3O4/c1-17-21-19(29-12-4-9-25-16-18-5-3-8-24-15-18)6-2-7-20(21)30-22(17)23(27)26-10-13-28-14-11-26/h2-3,5-8,15,25H,4,9-14,16H2,1H3. The number of pyridine rings is 1. The van der Waals surface area contributed by atoms with Gasteiger partial charge in [0, 0.05) is 37.6 Å². The summed E-state index contributed by atoms with van der Waals surface area (Å²) in [7, 11) is 0. The van der Waals surface area contributed by atoms with Crippen molar-refractivity contribution in [3.63, 3.8) is 0 Å². The Hall–Kier alpha value is -2.90. The van der Waals surface area contributed by atoms with Gasteiger partial charge in [0.25, 0.3) is 5.91 Å². The van der Waals surface area contributed by atoms with Crippen LogP contribution in [0.4, 0.5) is 0 Å². The van der Waals surface area contributed by atoms with Crippen molar-refractivity contribution in [1.82, 2.24) is 15.2 Å². The number of morpholine rings is 1. The molecule has 3 aromatic rings. The fourth-order valence-corrected chi connectivity index (χ4v) is 3.61. The third kappa shape index (κ3) is 4.63. The van der Waals surface area contributed by atoms with Gasteiger partial charge >= 0.3 is 0 Å². The third-order valence-electron chi connectivity index (χ3n) is 5.22. The van der Waals surface area contributed by atoms with Gasteiger partial charge in [-0.15, -0.1) is 0 Å². The normalized spacial score (nSPS) is 14.2. The number of hydrogen-bond donors (Lipinski definition) is 1. The van der Waals surface area contributed by atoms with Crippen LogP contribution < -0.4 is 10.1 Å². The van der Waals surface area contributed by atoms with Crippen LogP contribution in [0.5, 0.6) is 5.75 Å². The van der Waals surface area contributed by atoms with Gasteiger partial charge in [-0.2, -0.15) is 0 Å². The van der Waals surface area contributed by atoms with E-state index in [0.717, 1.165) is 41.8 Å². The van der Waals surface area contributed by atoms with E-state index in [9.17, 15) is 4.79 Å². The summed E-state index contributed by atoms with van der Waals surface area (Å²) in [4.78, 5) is 18.8. The molecule has 0 spiro atoms. The predicted octanol–water partition coefficient (Wildman–Crippen LogP) is 3.17. The highest BCUT2D eigenvalue weighted by molar-refractivity contribution is 6.00. The zero-order chi connectivity index (χ0) is 20.8. The van der Waals surface area contributed by atoms with E-state index in [-0.39, 0.29) is 5.91 Å². The van der Waals surface area contributed by atoms with Crippen molar-refractivity contribution >= 4 is 16.9 Å². The Balaban J connectivity index is 1.36. The number of amides is 1. The number of aromatic nitrogens is 1. The number of furan rings is 1.